The van der Waals surface area contributed by atoms with Gasteiger partial charge < -0.3 is 9.84 Å². The zero-order valence-corrected chi connectivity index (χ0v) is 35.6. The molecule has 0 saturated carbocycles. The van der Waals surface area contributed by atoms with Crippen molar-refractivity contribution < 1.29 is 112 Å². The van der Waals surface area contributed by atoms with Gasteiger partial charge in [-0.15, -0.1) is 21.9 Å². The van der Waals surface area contributed by atoms with Crippen molar-refractivity contribution in [3.05, 3.63) is 224 Å². The minimum atomic E-state index is -7.22. The Balaban J connectivity index is 0.000000237. The third kappa shape index (κ3) is 8.65. The van der Waals surface area contributed by atoms with Crippen LogP contribution in [0.1, 0.15) is 26.4 Å². The van der Waals surface area contributed by atoms with Gasteiger partial charge in [0.05, 0.1) is 5.56 Å². The highest BCUT2D eigenvalue weighted by molar-refractivity contribution is 7.20. The van der Waals surface area contributed by atoms with Crippen LogP contribution in [-0.4, -0.2) is 23.2 Å². The third-order valence-corrected chi connectivity index (χ3v) is 11.3. The van der Waals surface area contributed by atoms with Crippen LogP contribution in [0.15, 0.2) is 91.0 Å². The normalized spacial score (nSPS) is 11.5. The number of aromatic nitrogens is 1. The lowest BCUT2D eigenvalue weighted by Gasteiger charge is -2.44. The van der Waals surface area contributed by atoms with Crippen LogP contribution < -0.4 is 31.2 Å². The molecule has 26 heteroatoms. The number of halogens is 20. The van der Waals surface area contributed by atoms with Gasteiger partial charge >= 0.3 is 11.9 Å². The largest absolute Gasteiger partial charge is 0.478 e. The Bertz CT molecular complexity index is 3260. The maximum atomic E-state index is 15.4. The first-order valence-electron chi connectivity index (χ1n) is 20.1. The summed E-state index contributed by atoms with van der Waals surface area (Å²) in [6.45, 7) is 0.502. The molecule has 0 fully saturated rings. The van der Waals surface area contributed by atoms with E-state index in [2.05, 4.69) is 0 Å². The molecular formula is C48H18BF20NO4. The van der Waals surface area contributed by atoms with Gasteiger partial charge in [0.1, 0.15) is 58.4 Å². The molecule has 0 aliphatic heterocycles. The van der Waals surface area contributed by atoms with Crippen LogP contribution in [-0.2, 0) is 6.54 Å². The molecule has 1 heterocycles. The molecule has 0 aliphatic rings. The van der Waals surface area contributed by atoms with E-state index in [1.807, 2.05) is 65.2 Å². The summed E-state index contributed by atoms with van der Waals surface area (Å²) in [5.74, 6) is -72.8. The Labute approximate surface area is 398 Å². The van der Waals surface area contributed by atoms with Gasteiger partial charge in [-0.3, -0.25) is 0 Å². The van der Waals surface area contributed by atoms with E-state index in [1.54, 1.807) is 18.2 Å². The van der Waals surface area contributed by atoms with Gasteiger partial charge in [0.2, 0.25) is 5.52 Å². The van der Waals surface area contributed by atoms with Crippen LogP contribution >= 0.6 is 0 Å². The molecule has 0 radical (unpaired) electrons. The number of benzene rings is 7. The molecular weight excluding hydrogens is 1050 g/mol. The summed E-state index contributed by atoms with van der Waals surface area (Å²) >= 11 is 0. The molecule has 382 valence electrons. The van der Waals surface area contributed by atoms with E-state index in [0.29, 0.717) is 12.2 Å². The maximum absolute atomic E-state index is 15.4. The molecule has 7 aromatic carbocycles. The monoisotopic (exact) mass is 1060 g/mol. The Kier molecular flexibility index (Phi) is 14.6. The quantitative estimate of drug-likeness (QED) is 0.0298. The SMILES string of the molecule is Fc1c(F)c(F)c([B-](c2c(F)c(F)c(F)c(F)c2F)(c2c(F)c(F)c(F)c(F)c2F)c2c(F)c(F)c(F)c(F)c2F)c(F)c1F.O=C(O)c1cccc(OC(=O)c2ccc3ccccc3[n+]2Cc2ccccc2)c1. The van der Waals surface area contributed by atoms with E-state index in [4.69, 9.17) is 9.84 Å². The summed E-state index contributed by atoms with van der Waals surface area (Å²) in [6.07, 6.45) is -7.22. The van der Waals surface area contributed by atoms with E-state index in [-0.39, 0.29) is 11.3 Å². The molecule has 0 saturated heterocycles. The summed E-state index contributed by atoms with van der Waals surface area (Å²) in [6, 6.07) is 27.2. The second-order valence-electron chi connectivity index (χ2n) is 15.4. The van der Waals surface area contributed by atoms with Gasteiger partial charge in [-0.2, -0.15) is 4.57 Å². The fourth-order valence-corrected chi connectivity index (χ4v) is 8.10. The minimum absolute atomic E-state index is 0.0611. The predicted octanol–water partition coefficient (Wildman–Crippen LogP) is 9.94. The second kappa shape index (κ2) is 20.2. The Hall–Kier alpha value is -8.45. The van der Waals surface area contributed by atoms with E-state index < -0.39 is 156 Å². The molecule has 8 rings (SSSR count). The van der Waals surface area contributed by atoms with E-state index in [9.17, 15) is 62.3 Å². The molecule has 5 nitrogen and oxygen atoms in total. The number of para-hydroxylation sites is 1. The van der Waals surface area contributed by atoms with Gasteiger partial charge in [0, 0.05) is 23.1 Å². The molecule has 0 unspecified atom stereocenters. The molecule has 74 heavy (non-hydrogen) atoms. The fraction of sp³-hybridized carbons (Fsp3) is 0.0208. The first-order chi connectivity index (χ1) is 34.8. The standard InChI is InChI=1S/C24BF20.C24H17NO4/c26-5-1(6(27)14(35)21(42)13(5)34)25(2-7(28)15(36)22(43)16(37)8(2)29,3-9(30)17(38)23(44)18(39)10(3)31)4-11(32)19(40)24(45)20(41)12(4)33;26-23(27)19-10-6-11-20(15-19)29-24(28)22-14-13-18-9-4-5-12-21(18)25(22)16-17-7-2-1-3-8-17/h;1-15H,16H2/q-1;/p+1. The number of rotatable bonds is 9. The number of carbonyl (C=O) groups is 2. The number of nitrogens with zero attached hydrogens (tertiary/aromatic N) is 1. The molecule has 0 atom stereocenters. The molecule has 8 aromatic rings. The highest BCUT2D eigenvalue weighted by atomic mass is 19.2. The molecule has 0 spiro atoms. The Morgan fingerprint density at radius 3 is 1.14 bits per heavy atom. The van der Waals surface area contributed by atoms with Gasteiger partial charge in [0.25, 0.3) is 5.69 Å². The lowest BCUT2D eigenvalue weighted by molar-refractivity contribution is -0.664. The zero-order chi connectivity index (χ0) is 54.6. The van der Waals surface area contributed by atoms with E-state index in [0.717, 1.165) is 16.5 Å². The number of carboxylic acid groups (broad SMARTS) is 1. The molecule has 1 N–H and O–H groups in total. The summed E-state index contributed by atoms with van der Waals surface area (Å²) < 4.78 is 301. The van der Waals surface area contributed by atoms with Gasteiger partial charge in [-0.25, -0.2) is 97.4 Å². The highest BCUT2D eigenvalue weighted by Crippen LogP contribution is 2.31. The highest BCUT2D eigenvalue weighted by Gasteiger charge is 2.52. The van der Waals surface area contributed by atoms with Crippen LogP contribution in [0.2, 0.25) is 0 Å². The summed E-state index contributed by atoms with van der Waals surface area (Å²) in [5.41, 5.74) is -11.9. The molecule has 1 aromatic heterocycles. The van der Waals surface area contributed by atoms with Crippen molar-refractivity contribution in [3.63, 3.8) is 0 Å². The lowest BCUT2D eigenvalue weighted by Crippen LogP contribution is -2.81. The number of hydrogen-bond acceptors (Lipinski definition) is 3. The number of pyridine rings is 1. The topological polar surface area (TPSA) is 67.5 Å². The number of carbonyl (C=O) groups excluding carboxylic acids is 1. The summed E-state index contributed by atoms with van der Waals surface area (Å²) in [5, 5.41) is 10.1. The fourth-order valence-electron chi connectivity index (χ4n) is 8.10. The number of aromatic carboxylic acids is 1. The smallest absolute Gasteiger partial charge is 0.409 e. The molecule has 0 bridgehead atoms. The van der Waals surface area contributed by atoms with Crippen molar-refractivity contribution >= 4 is 50.8 Å². The van der Waals surface area contributed by atoms with Crippen LogP contribution in [0.3, 0.4) is 0 Å². The van der Waals surface area contributed by atoms with Crippen molar-refractivity contribution in [2.45, 2.75) is 6.54 Å². The third-order valence-electron chi connectivity index (χ3n) is 11.3. The lowest BCUT2D eigenvalue weighted by atomic mass is 9.12. The number of carboxylic acids is 1. The van der Waals surface area contributed by atoms with E-state index in [1.165, 1.54) is 12.1 Å². The van der Waals surface area contributed by atoms with Crippen molar-refractivity contribution in [2.75, 3.05) is 0 Å². The average Bonchev–Trinajstić information content (AvgIpc) is 3.39. The van der Waals surface area contributed by atoms with Crippen LogP contribution in [0.25, 0.3) is 10.9 Å². The van der Waals surface area contributed by atoms with Gasteiger partial charge in [0.15, 0.2) is 76.4 Å². The predicted molar refractivity (Wildman–Crippen MR) is 217 cm³/mol. The first kappa shape index (κ1) is 53.4. The first-order valence-corrected chi connectivity index (χ1v) is 20.1. The number of ether oxygens (including phenoxy) is 1. The summed E-state index contributed by atoms with van der Waals surface area (Å²) in [4.78, 5) is 24.1. The average molecular weight is 1060 g/mol. The Morgan fingerprint density at radius 2 is 0.757 bits per heavy atom. The van der Waals surface area contributed by atoms with Crippen molar-refractivity contribution in [1.29, 1.82) is 0 Å². The van der Waals surface area contributed by atoms with Gasteiger partial charge in [-0.05, 0) is 30.3 Å². The van der Waals surface area contributed by atoms with E-state index >= 15 is 35.1 Å². The maximum Gasteiger partial charge on any atom is 0.409 e. The van der Waals surface area contributed by atoms with Crippen molar-refractivity contribution in [2.24, 2.45) is 0 Å². The van der Waals surface area contributed by atoms with Crippen LogP contribution in [0.5, 0.6) is 5.75 Å². The van der Waals surface area contributed by atoms with Crippen LogP contribution in [0, 0.1) is 116 Å². The number of hydrogen-bond donors (Lipinski definition) is 1. The number of esters is 1. The second-order valence-corrected chi connectivity index (χ2v) is 15.4. The van der Waals surface area contributed by atoms with Crippen molar-refractivity contribution in [3.8, 4) is 5.75 Å². The minimum Gasteiger partial charge on any atom is -0.478 e. The molecule has 0 aliphatic carbocycles. The zero-order valence-electron chi connectivity index (χ0n) is 35.6. The molecule has 0 amide bonds. The summed E-state index contributed by atoms with van der Waals surface area (Å²) in [7, 11) is 0. The van der Waals surface area contributed by atoms with Crippen molar-refractivity contribution in [1.82, 2.24) is 0 Å². The van der Waals surface area contributed by atoms with Gasteiger partial charge in [-0.1, -0.05) is 48.5 Å². The Morgan fingerprint density at radius 1 is 0.405 bits per heavy atom. The number of fused-ring (bicyclic) bond motifs is 1. The van der Waals surface area contributed by atoms with Crippen LogP contribution in [0.4, 0.5) is 87.8 Å².